The van der Waals surface area contributed by atoms with Crippen molar-refractivity contribution in [3.8, 4) is 0 Å². The Morgan fingerprint density at radius 2 is 1.68 bits per heavy atom. The number of fused-ring (bicyclic) bond motifs is 3. The van der Waals surface area contributed by atoms with E-state index in [1.54, 1.807) is 0 Å². The highest BCUT2D eigenvalue weighted by atomic mass is 32.1. The van der Waals surface area contributed by atoms with Gasteiger partial charge >= 0.3 is 0 Å². The third-order valence-corrected chi connectivity index (χ3v) is 3.91. The first-order valence-electron chi connectivity index (χ1n) is 6.71. The van der Waals surface area contributed by atoms with E-state index >= 15 is 0 Å². The lowest BCUT2D eigenvalue weighted by molar-refractivity contribution is -0.482. The third kappa shape index (κ3) is 2.21. The van der Waals surface area contributed by atoms with E-state index in [4.69, 9.17) is 0 Å². The minimum Gasteiger partial charge on any atom is -0.159 e. The van der Waals surface area contributed by atoms with Gasteiger partial charge in [-0.25, -0.2) is 0 Å². The normalized spacial score (nSPS) is 10.4. The number of hydrogen-bond acceptors (Lipinski definition) is 1. The molecule has 0 aliphatic heterocycles. The molecule has 0 saturated heterocycles. The van der Waals surface area contributed by atoms with Crippen LogP contribution in [0.15, 0.2) is 47.5 Å². The van der Waals surface area contributed by atoms with Gasteiger partial charge in [0.1, 0.15) is 0 Å². The summed E-state index contributed by atoms with van der Waals surface area (Å²) in [6, 6.07) is 12.6. The molecule has 3 aromatic rings. The number of nitrogens with zero attached hydrogens (tertiary/aromatic N) is 1. The van der Waals surface area contributed by atoms with Crippen LogP contribution in [0.1, 0.15) is 25.0 Å². The molecule has 0 spiro atoms. The van der Waals surface area contributed by atoms with E-state index in [1.807, 2.05) is 13.8 Å². The largest absolute Gasteiger partial charge is 0.222 e. The van der Waals surface area contributed by atoms with Crippen LogP contribution in [-0.2, 0) is 0 Å². The summed E-state index contributed by atoms with van der Waals surface area (Å²) < 4.78 is 2.25. The number of benzene rings is 1. The SMILES string of the molecule is CC.Cc1c(S)c2cccc(C)c2[n+]2ccccc12. The van der Waals surface area contributed by atoms with Crippen molar-refractivity contribution >= 4 is 29.0 Å². The minimum atomic E-state index is 1.08. The lowest BCUT2D eigenvalue weighted by Crippen LogP contribution is -2.24. The highest BCUT2D eigenvalue weighted by Crippen LogP contribution is 2.27. The molecular formula is C17H20NS+. The van der Waals surface area contributed by atoms with E-state index in [0.29, 0.717) is 0 Å². The molecule has 0 N–H and O–H groups in total. The van der Waals surface area contributed by atoms with Crippen molar-refractivity contribution in [1.29, 1.82) is 0 Å². The lowest BCUT2D eigenvalue weighted by atomic mass is 10.1. The van der Waals surface area contributed by atoms with Crippen LogP contribution in [0.5, 0.6) is 0 Å². The Kier molecular flexibility index (Phi) is 4.11. The number of pyridine rings is 2. The summed E-state index contributed by atoms with van der Waals surface area (Å²) in [6.07, 6.45) is 2.12. The number of aromatic nitrogens is 1. The van der Waals surface area contributed by atoms with Gasteiger partial charge in [-0.3, -0.25) is 0 Å². The second-order valence-corrected chi connectivity index (χ2v) is 4.85. The molecule has 0 unspecified atom stereocenters. The monoisotopic (exact) mass is 270 g/mol. The highest BCUT2D eigenvalue weighted by Gasteiger charge is 2.17. The average Bonchev–Trinajstić information content (AvgIpc) is 2.47. The first-order chi connectivity index (χ1) is 9.20. The maximum atomic E-state index is 4.67. The van der Waals surface area contributed by atoms with Crippen molar-refractivity contribution in [3.63, 3.8) is 0 Å². The van der Waals surface area contributed by atoms with E-state index in [1.165, 1.54) is 27.5 Å². The Hall–Kier alpha value is -1.54. The fourth-order valence-electron chi connectivity index (χ4n) is 2.44. The van der Waals surface area contributed by atoms with Crippen LogP contribution in [0.25, 0.3) is 16.4 Å². The Bertz CT molecular complexity index is 732. The summed E-state index contributed by atoms with van der Waals surface area (Å²) in [7, 11) is 0. The molecule has 19 heavy (non-hydrogen) atoms. The zero-order valence-corrected chi connectivity index (χ0v) is 12.8. The molecule has 1 nitrogen and oxygen atoms in total. The van der Waals surface area contributed by atoms with Gasteiger partial charge in [0.05, 0.1) is 5.39 Å². The highest BCUT2D eigenvalue weighted by molar-refractivity contribution is 7.80. The number of para-hydroxylation sites is 1. The fraction of sp³-hybridized carbons (Fsp3) is 0.235. The van der Waals surface area contributed by atoms with Gasteiger partial charge in [-0.05, 0) is 26.0 Å². The summed E-state index contributed by atoms with van der Waals surface area (Å²) in [5, 5.41) is 1.22. The second-order valence-electron chi connectivity index (χ2n) is 4.40. The van der Waals surface area contributed by atoms with Crippen molar-refractivity contribution in [2.45, 2.75) is 32.6 Å². The van der Waals surface area contributed by atoms with Gasteiger partial charge in [-0.15, -0.1) is 12.6 Å². The van der Waals surface area contributed by atoms with Crippen LogP contribution in [0.3, 0.4) is 0 Å². The van der Waals surface area contributed by atoms with Gasteiger partial charge in [0.25, 0.3) is 0 Å². The van der Waals surface area contributed by atoms with Crippen molar-refractivity contribution in [3.05, 3.63) is 53.7 Å². The van der Waals surface area contributed by atoms with Crippen LogP contribution in [-0.4, -0.2) is 0 Å². The molecule has 0 fully saturated rings. The van der Waals surface area contributed by atoms with Gasteiger partial charge in [-0.1, -0.05) is 26.0 Å². The van der Waals surface area contributed by atoms with Crippen molar-refractivity contribution in [2.24, 2.45) is 0 Å². The first kappa shape index (κ1) is 13.9. The van der Waals surface area contributed by atoms with Gasteiger partial charge < -0.3 is 0 Å². The summed E-state index contributed by atoms with van der Waals surface area (Å²) in [6.45, 7) is 8.27. The molecule has 0 atom stereocenters. The fourth-order valence-corrected chi connectivity index (χ4v) is 2.73. The molecule has 0 bridgehead atoms. The zero-order chi connectivity index (χ0) is 14.0. The van der Waals surface area contributed by atoms with Crippen LogP contribution >= 0.6 is 12.6 Å². The summed E-state index contributed by atoms with van der Waals surface area (Å²) in [5.41, 5.74) is 4.98. The van der Waals surface area contributed by atoms with Crippen LogP contribution in [0.4, 0.5) is 0 Å². The number of hydrogen-bond donors (Lipinski definition) is 1. The van der Waals surface area contributed by atoms with Crippen molar-refractivity contribution in [1.82, 2.24) is 0 Å². The number of rotatable bonds is 0. The van der Waals surface area contributed by atoms with E-state index in [9.17, 15) is 0 Å². The van der Waals surface area contributed by atoms with Gasteiger partial charge in [-0.2, -0.15) is 4.40 Å². The van der Waals surface area contributed by atoms with E-state index in [2.05, 4.69) is 73.5 Å². The van der Waals surface area contributed by atoms with Crippen LogP contribution in [0.2, 0.25) is 0 Å². The van der Waals surface area contributed by atoms with E-state index < -0.39 is 0 Å². The van der Waals surface area contributed by atoms with Crippen LogP contribution in [0, 0.1) is 13.8 Å². The van der Waals surface area contributed by atoms with Gasteiger partial charge in [0.15, 0.2) is 6.20 Å². The molecule has 98 valence electrons. The Morgan fingerprint density at radius 3 is 2.42 bits per heavy atom. The summed E-state index contributed by atoms with van der Waals surface area (Å²) >= 11 is 4.67. The molecule has 3 rings (SSSR count). The molecule has 0 aliphatic carbocycles. The van der Waals surface area contributed by atoms with Crippen molar-refractivity contribution < 1.29 is 4.40 Å². The maximum absolute atomic E-state index is 4.67. The standard InChI is InChI=1S/C15H13NS.C2H6/c1-10-6-5-7-12-14(10)16-9-4-3-8-13(16)11(2)15(12)17;1-2/h3-9H,1-2H3;1-2H3/p+1. The lowest BCUT2D eigenvalue weighted by Gasteiger charge is -2.06. The third-order valence-electron chi connectivity index (χ3n) is 3.33. The summed E-state index contributed by atoms with van der Waals surface area (Å²) in [5.74, 6) is 0. The second kappa shape index (κ2) is 5.62. The number of thiol groups is 1. The molecule has 1 aromatic carbocycles. The molecule has 2 heterocycles. The zero-order valence-electron chi connectivity index (χ0n) is 11.9. The Balaban J connectivity index is 0.000000637. The molecule has 0 aliphatic rings. The smallest absolute Gasteiger partial charge is 0.159 e. The molecule has 2 heteroatoms. The minimum absolute atomic E-state index is 1.08. The summed E-state index contributed by atoms with van der Waals surface area (Å²) in [4.78, 5) is 1.08. The molecule has 0 saturated carbocycles. The molecule has 0 amide bonds. The van der Waals surface area contributed by atoms with E-state index in [-0.39, 0.29) is 0 Å². The Morgan fingerprint density at radius 1 is 0.947 bits per heavy atom. The van der Waals surface area contributed by atoms with Gasteiger partial charge in [0.2, 0.25) is 11.0 Å². The predicted octanol–water partition coefficient (Wildman–Crippen LogP) is 4.51. The predicted molar refractivity (Wildman–Crippen MR) is 85.2 cm³/mol. The molecular weight excluding hydrogens is 250 g/mol. The van der Waals surface area contributed by atoms with Gasteiger partial charge in [0, 0.05) is 28.2 Å². The van der Waals surface area contributed by atoms with E-state index in [0.717, 1.165) is 4.90 Å². The first-order valence-corrected chi connectivity index (χ1v) is 7.16. The van der Waals surface area contributed by atoms with Crippen LogP contribution < -0.4 is 4.40 Å². The maximum Gasteiger partial charge on any atom is 0.222 e. The topological polar surface area (TPSA) is 4.10 Å². The van der Waals surface area contributed by atoms with Crippen molar-refractivity contribution in [2.75, 3.05) is 0 Å². The molecule has 0 radical (unpaired) electrons. The quantitative estimate of drug-likeness (QED) is 0.348. The average molecular weight is 270 g/mol. The number of aryl methyl sites for hydroxylation is 2. The molecule has 2 aromatic heterocycles. The Labute approximate surface area is 120 Å².